The molecule has 114 valence electrons. The van der Waals surface area contributed by atoms with Gasteiger partial charge in [-0.2, -0.15) is 0 Å². The van der Waals surface area contributed by atoms with Gasteiger partial charge in [0.25, 0.3) is 0 Å². The van der Waals surface area contributed by atoms with E-state index in [4.69, 9.17) is 10.5 Å². The average molecular weight is 304 g/mol. The summed E-state index contributed by atoms with van der Waals surface area (Å²) >= 11 is 1.72. The number of thiazole rings is 1. The fourth-order valence-corrected chi connectivity index (χ4v) is 3.02. The number of hydrogen-bond donors (Lipinski definition) is 1. The molecule has 0 amide bonds. The molecule has 0 fully saturated rings. The van der Waals surface area contributed by atoms with E-state index in [2.05, 4.69) is 30.3 Å². The Morgan fingerprint density at radius 2 is 2.10 bits per heavy atom. The van der Waals surface area contributed by atoms with Crippen molar-refractivity contribution in [3.63, 3.8) is 0 Å². The number of para-hydroxylation sites is 1. The zero-order chi connectivity index (χ0) is 15.1. The van der Waals surface area contributed by atoms with Gasteiger partial charge in [0.2, 0.25) is 0 Å². The lowest BCUT2D eigenvalue weighted by atomic mass is 10.0. The van der Waals surface area contributed by atoms with Gasteiger partial charge < -0.3 is 10.5 Å². The maximum atomic E-state index is 6.05. The van der Waals surface area contributed by atoms with Crippen molar-refractivity contribution >= 4 is 11.3 Å². The van der Waals surface area contributed by atoms with E-state index in [1.54, 1.807) is 11.3 Å². The summed E-state index contributed by atoms with van der Waals surface area (Å²) in [6.07, 6.45) is 4.00. The van der Waals surface area contributed by atoms with Gasteiger partial charge in [-0.1, -0.05) is 32.0 Å². The Morgan fingerprint density at radius 3 is 2.86 bits per heavy atom. The van der Waals surface area contributed by atoms with Crippen molar-refractivity contribution in [2.45, 2.75) is 52.2 Å². The average Bonchev–Trinajstić information content (AvgIpc) is 2.94. The highest BCUT2D eigenvalue weighted by molar-refractivity contribution is 7.09. The molecule has 0 saturated carbocycles. The molecule has 3 nitrogen and oxygen atoms in total. The Bertz CT molecular complexity index is 553. The Balaban J connectivity index is 1.98. The van der Waals surface area contributed by atoms with E-state index in [1.165, 1.54) is 10.6 Å². The molecule has 21 heavy (non-hydrogen) atoms. The molecule has 0 radical (unpaired) electrons. The van der Waals surface area contributed by atoms with Crippen molar-refractivity contribution in [3.8, 4) is 5.75 Å². The highest BCUT2D eigenvalue weighted by atomic mass is 32.1. The quantitative estimate of drug-likeness (QED) is 0.803. The summed E-state index contributed by atoms with van der Waals surface area (Å²) in [7, 11) is 0. The molecule has 1 heterocycles. The number of aromatic nitrogens is 1. The van der Waals surface area contributed by atoms with Crippen molar-refractivity contribution in [1.82, 2.24) is 4.98 Å². The first-order valence-corrected chi connectivity index (χ1v) is 8.50. The zero-order valence-electron chi connectivity index (χ0n) is 12.8. The third-order valence-electron chi connectivity index (χ3n) is 3.42. The van der Waals surface area contributed by atoms with Gasteiger partial charge in [-0.05, 0) is 37.3 Å². The van der Waals surface area contributed by atoms with Crippen LogP contribution in [0.25, 0.3) is 0 Å². The van der Waals surface area contributed by atoms with Gasteiger partial charge >= 0.3 is 0 Å². The normalized spacial score (nSPS) is 12.3. The fourth-order valence-electron chi connectivity index (χ4n) is 2.14. The molecule has 1 aromatic heterocycles. The van der Waals surface area contributed by atoms with Crippen LogP contribution in [-0.2, 0) is 19.4 Å². The maximum Gasteiger partial charge on any atom is 0.131 e. The van der Waals surface area contributed by atoms with Crippen LogP contribution in [0.3, 0.4) is 0 Å². The maximum absolute atomic E-state index is 6.05. The Morgan fingerprint density at radius 1 is 1.29 bits per heavy atom. The van der Waals surface area contributed by atoms with Gasteiger partial charge in [-0.3, -0.25) is 0 Å². The largest absolute Gasteiger partial charge is 0.487 e. The summed E-state index contributed by atoms with van der Waals surface area (Å²) in [5.74, 6) is 0.923. The highest BCUT2D eigenvalue weighted by Crippen LogP contribution is 2.21. The van der Waals surface area contributed by atoms with Crippen LogP contribution in [0, 0.1) is 0 Å². The second-order valence-electron chi connectivity index (χ2n) is 5.25. The first kappa shape index (κ1) is 16.0. The molecule has 0 aliphatic carbocycles. The Kier molecular flexibility index (Phi) is 6.21. The summed E-state index contributed by atoms with van der Waals surface area (Å²) in [5, 5.41) is 3.28. The van der Waals surface area contributed by atoms with Crippen molar-refractivity contribution in [1.29, 1.82) is 0 Å². The van der Waals surface area contributed by atoms with Crippen molar-refractivity contribution in [2.24, 2.45) is 5.73 Å². The van der Waals surface area contributed by atoms with E-state index in [1.807, 2.05) is 18.2 Å². The summed E-state index contributed by atoms with van der Waals surface area (Å²) in [6, 6.07) is 8.32. The molecule has 2 N–H and O–H groups in total. The molecule has 0 aliphatic heterocycles. The van der Waals surface area contributed by atoms with Crippen LogP contribution < -0.4 is 10.5 Å². The molecule has 2 aromatic rings. The van der Waals surface area contributed by atoms with E-state index in [-0.39, 0.29) is 6.04 Å². The molecular weight excluding hydrogens is 280 g/mol. The number of ether oxygens (including phenoxy) is 1. The van der Waals surface area contributed by atoms with E-state index in [0.29, 0.717) is 6.61 Å². The Labute approximate surface area is 131 Å². The third-order valence-corrected chi connectivity index (χ3v) is 4.38. The lowest BCUT2D eigenvalue weighted by Gasteiger charge is -2.13. The van der Waals surface area contributed by atoms with Crippen molar-refractivity contribution < 1.29 is 4.74 Å². The monoisotopic (exact) mass is 304 g/mol. The zero-order valence-corrected chi connectivity index (χ0v) is 13.7. The molecule has 1 atom stereocenters. The van der Waals surface area contributed by atoms with Gasteiger partial charge in [-0.15, -0.1) is 11.3 Å². The van der Waals surface area contributed by atoms with Crippen LogP contribution in [0.1, 0.15) is 43.0 Å². The second-order valence-corrected chi connectivity index (χ2v) is 6.19. The lowest BCUT2D eigenvalue weighted by Crippen LogP contribution is -2.21. The SMILES string of the molecule is CCCc1nc(COc2ccccc2CC(N)CC)cs1. The minimum Gasteiger partial charge on any atom is -0.487 e. The fraction of sp³-hybridized carbons (Fsp3) is 0.471. The molecule has 0 bridgehead atoms. The Hall–Kier alpha value is -1.39. The van der Waals surface area contributed by atoms with Crippen LogP contribution in [0.4, 0.5) is 0 Å². The van der Waals surface area contributed by atoms with Crippen LogP contribution in [0.5, 0.6) is 5.75 Å². The van der Waals surface area contributed by atoms with E-state index in [0.717, 1.165) is 37.1 Å². The number of aryl methyl sites for hydroxylation is 1. The van der Waals surface area contributed by atoms with Crippen LogP contribution >= 0.6 is 11.3 Å². The van der Waals surface area contributed by atoms with Crippen molar-refractivity contribution in [3.05, 3.63) is 45.9 Å². The van der Waals surface area contributed by atoms with E-state index in [9.17, 15) is 0 Å². The smallest absolute Gasteiger partial charge is 0.131 e. The number of rotatable bonds is 8. The molecule has 0 spiro atoms. The first-order valence-electron chi connectivity index (χ1n) is 7.62. The number of nitrogens with zero attached hydrogens (tertiary/aromatic N) is 1. The number of hydrogen-bond acceptors (Lipinski definition) is 4. The minimum absolute atomic E-state index is 0.185. The molecule has 0 saturated heterocycles. The van der Waals surface area contributed by atoms with Crippen LogP contribution in [-0.4, -0.2) is 11.0 Å². The summed E-state index contributed by atoms with van der Waals surface area (Å²) < 4.78 is 5.95. The second kappa shape index (κ2) is 8.15. The molecule has 0 aliphatic rings. The van der Waals surface area contributed by atoms with Crippen LogP contribution in [0.15, 0.2) is 29.6 Å². The molecular formula is C17H24N2OS. The summed E-state index contributed by atoms with van der Waals surface area (Å²) in [4.78, 5) is 4.59. The topological polar surface area (TPSA) is 48.1 Å². The van der Waals surface area contributed by atoms with Gasteiger partial charge in [0.05, 0.1) is 10.7 Å². The van der Waals surface area contributed by atoms with E-state index >= 15 is 0 Å². The molecule has 2 rings (SSSR count). The van der Waals surface area contributed by atoms with Gasteiger partial charge in [0, 0.05) is 11.4 Å². The highest BCUT2D eigenvalue weighted by Gasteiger charge is 2.08. The summed E-state index contributed by atoms with van der Waals surface area (Å²) in [5.41, 5.74) is 8.24. The van der Waals surface area contributed by atoms with Gasteiger partial charge in [0.15, 0.2) is 0 Å². The van der Waals surface area contributed by atoms with Gasteiger partial charge in [0.1, 0.15) is 12.4 Å². The van der Waals surface area contributed by atoms with Gasteiger partial charge in [-0.25, -0.2) is 4.98 Å². The standard InChI is InChI=1S/C17H24N2OS/c1-3-7-17-19-15(12-21-17)11-20-16-9-6-5-8-13(16)10-14(18)4-2/h5-6,8-9,12,14H,3-4,7,10-11,18H2,1-2H3. The first-order chi connectivity index (χ1) is 10.2. The predicted molar refractivity (Wildman–Crippen MR) is 88.9 cm³/mol. The van der Waals surface area contributed by atoms with Crippen molar-refractivity contribution in [2.75, 3.05) is 0 Å². The molecule has 1 aromatic carbocycles. The number of nitrogens with two attached hydrogens (primary N) is 1. The third kappa shape index (κ3) is 4.83. The van der Waals surface area contributed by atoms with Crippen LogP contribution in [0.2, 0.25) is 0 Å². The number of benzene rings is 1. The predicted octanol–water partition coefficient (Wildman–Crippen LogP) is 3.95. The van der Waals surface area contributed by atoms with E-state index < -0.39 is 0 Å². The molecule has 1 unspecified atom stereocenters. The summed E-state index contributed by atoms with van der Waals surface area (Å²) in [6.45, 7) is 4.81. The molecule has 4 heteroatoms. The minimum atomic E-state index is 0.185. The lowest BCUT2D eigenvalue weighted by molar-refractivity contribution is 0.298.